The second kappa shape index (κ2) is 7.25. The number of aromatic amines is 1. The number of aromatic nitrogens is 3. The van der Waals surface area contributed by atoms with Crippen molar-refractivity contribution in [2.45, 2.75) is 26.7 Å². The second-order valence-corrected chi connectivity index (χ2v) is 5.97. The van der Waals surface area contributed by atoms with E-state index in [1.165, 1.54) is 12.1 Å². The van der Waals surface area contributed by atoms with Gasteiger partial charge in [0, 0.05) is 12.1 Å². The molecular formula is C19H19FN4O. The van der Waals surface area contributed by atoms with Crippen LogP contribution in [0.2, 0.25) is 0 Å². The van der Waals surface area contributed by atoms with Crippen molar-refractivity contribution in [1.29, 1.82) is 0 Å². The van der Waals surface area contributed by atoms with Gasteiger partial charge in [-0.15, -0.1) is 0 Å². The molecule has 3 aromatic rings. The molecule has 0 radical (unpaired) electrons. The van der Waals surface area contributed by atoms with Gasteiger partial charge in [0.2, 0.25) is 5.91 Å². The maximum absolute atomic E-state index is 12.9. The molecule has 1 aromatic heterocycles. The van der Waals surface area contributed by atoms with Gasteiger partial charge in [-0.25, -0.2) is 9.37 Å². The van der Waals surface area contributed by atoms with Crippen molar-refractivity contribution in [3.63, 3.8) is 0 Å². The van der Waals surface area contributed by atoms with Gasteiger partial charge in [0.25, 0.3) is 0 Å². The zero-order valence-corrected chi connectivity index (χ0v) is 14.1. The van der Waals surface area contributed by atoms with Crippen molar-refractivity contribution >= 4 is 11.6 Å². The summed E-state index contributed by atoms with van der Waals surface area (Å²) in [5.41, 5.74) is 3.89. The molecule has 2 N–H and O–H groups in total. The number of halogens is 1. The van der Waals surface area contributed by atoms with E-state index in [4.69, 9.17) is 0 Å². The Kier molecular flexibility index (Phi) is 4.88. The number of rotatable bonds is 5. The van der Waals surface area contributed by atoms with Gasteiger partial charge in [0.1, 0.15) is 11.6 Å². The van der Waals surface area contributed by atoms with Gasteiger partial charge >= 0.3 is 0 Å². The smallest absolute Gasteiger partial charge is 0.232 e. The highest BCUT2D eigenvalue weighted by Crippen LogP contribution is 2.18. The second-order valence-electron chi connectivity index (χ2n) is 5.97. The lowest BCUT2D eigenvalue weighted by molar-refractivity contribution is -0.115. The van der Waals surface area contributed by atoms with Crippen molar-refractivity contribution in [3.8, 4) is 0 Å². The number of amides is 1. The maximum atomic E-state index is 12.9. The molecule has 0 saturated carbocycles. The van der Waals surface area contributed by atoms with E-state index in [0.29, 0.717) is 18.1 Å². The minimum absolute atomic E-state index is 0.0906. The first-order chi connectivity index (χ1) is 12.0. The molecule has 0 aliphatic carbocycles. The van der Waals surface area contributed by atoms with Crippen LogP contribution in [0, 0.1) is 19.7 Å². The number of hydrogen-bond donors (Lipinski definition) is 2. The highest BCUT2D eigenvalue weighted by molar-refractivity contribution is 5.92. The minimum atomic E-state index is -0.273. The van der Waals surface area contributed by atoms with Gasteiger partial charge in [-0.2, -0.15) is 5.10 Å². The molecule has 3 rings (SSSR count). The molecule has 128 valence electrons. The van der Waals surface area contributed by atoms with Crippen LogP contribution in [-0.4, -0.2) is 21.1 Å². The van der Waals surface area contributed by atoms with E-state index in [2.05, 4.69) is 20.5 Å². The van der Waals surface area contributed by atoms with E-state index in [0.717, 1.165) is 22.4 Å². The lowest BCUT2D eigenvalue weighted by atomic mass is 10.1. The van der Waals surface area contributed by atoms with Crippen LogP contribution in [0.3, 0.4) is 0 Å². The van der Waals surface area contributed by atoms with Crippen LogP contribution in [-0.2, 0) is 17.6 Å². The number of anilines is 1. The summed E-state index contributed by atoms with van der Waals surface area (Å²) in [7, 11) is 0. The van der Waals surface area contributed by atoms with Crippen LogP contribution in [0.15, 0.2) is 42.5 Å². The molecule has 5 nitrogen and oxygen atoms in total. The third kappa shape index (κ3) is 4.29. The largest absolute Gasteiger partial charge is 0.325 e. The van der Waals surface area contributed by atoms with E-state index in [-0.39, 0.29) is 18.1 Å². The van der Waals surface area contributed by atoms with Gasteiger partial charge in [0.05, 0.1) is 6.42 Å². The summed E-state index contributed by atoms with van der Waals surface area (Å²) >= 11 is 0. The third-order valence-electron chi connectivity index (χ3n) is 4.06. The Balaban J connectivity index is 1.61. The molecule has 25 heavy (non-hydrogen) atoms. The maximum Gasteiger partial charge on any atom is 0.232 e. The molecule has 1 amide bonds. The zero-order chi connectivity index (χ0) is 17.8. The molecule has 1 heterocycles. The zero-order valence-electron chi connectivity index (χ0n) is 14.1. The Morgan fingerprint density at radius 3 is 2.68 bits per heavy atom. The SMILES string of the molecule is Cc1cccc(NC(=O)Cc2n[nH]c(Cc3ccc(F)cc3)n2)c1C. The summed E-state index contributed by atoms with van der Waals surface area (Å²) < 4.78 is 12.9. The fraction of sp³-hybridized carbons (Fsp3) is 0.211. The monoisotopic (exact) mass is 338 g/mol. The number of hydrogen-bond acceptors (Lipinski definition) is 3. The first-order valence-electron chi connectivity index (χ1n) is 8.02. The Bertz CT molecular complexity index is 887. The van der Waals surface area contributed by atoms with Gasteiger partial charge in [-0.05, 0) is 48.7 Å². The van der Waals surface area contributed by atoms with Gasteiger partial charge in [-0.1, -0.05) is 24.3 Å². The van der Waals surface area contributed by atoms with Crippen molar-refractivity contribution in [1.82, 2.24) is 15.2 Å². The Morgan fingerprint density at radius 1 is 1.16 bits per heavy atom. The van der Waals surface area contributed by atoms with Crippen LogP contribution >= 0.6 is 0 Å². The molecule has 0 aliphatic heterocycles. The molecular weight excluding hydrogens is 319 g/mol. The van der Waals surface area contributed by atoms with E-state index in [1.807, 2.05) is 32.0 Å². The van der Waals surface area contributed by atoms with Crippen molar-refractivity contribution in [3.05, 3.63) is 76.6 Å². The van der Waals surface area contributed by atoms with E-state index < -0.39 is 0 Å². The lowest BCUT2D eigenvalue weighted by Gasteiger charge is -2.09. The number of nitrogens with one attached hydrogen (secondary N) is 2. The topological polar surface area (TPSA) is 70.7 Å². The van der Waals surface area contributed by atoms with Crippen molar-refractivity contribution in [2.75, 3.05) is 5.32 Å². The summed E-state index contributed by atoms with van der Waals surface area (Å²) in [6.07, 6.45) is 0.596. The molecule has 0 bridgehead atoms. The average molecular weight is 338 g/mol. The van der Waals surface area contributed by atoms with Crippen LogP contribution in [0.5, 0.6) is 0 Å². The van der Waals surface area contributed by atoms with Gasteiger partial charge < -0.3 is 5.32 Å². The highest BCUT2D eigenvalue weighted by atomic mass is 19.1. The van der Waals surface area contributed by atoms with Crippen molar-refractivity contribution in [2.24, 2.45) is 0 Å². The molecule has 0 saturated heterocycles. The fourth-order valence-electron chi connectivity index (χ4n) is 2.51. The average Bonchev–Trinajstić information content (AvgIpc) is 3.01. The molecule has 0 spiro atoms. The van der Waals surface area contributed by atoms with E-state index >= 15 is 0 Å². The molecule has 0 atom stereocenters. The number of carbonyl (C=O) groups is 1. The van der Waals surface area contributed by atoms with Gasteiger partial charge in [0.15, 0.2) is 5.82 Å². The number of H-pyrrole nitrogens is 1. The third-order valence-corrected chi connectivity index (χ3v) is 4.06. The minimum Gasteiger partial charge on any atom is -0.325 e. The Hall–Kier alpha value is -3.02. The van der Waals surface area contributed by atoms with Crippen LogP contribution in [0.4, 0.5) is 10.1 Å². The predicted octanol–water partition coefficient (Wildman–Crippen LogP) is 3.33. The molecule has 0 aliphatic rings. The normalized spacial score (nSPS) is 10.7. The first kappa shape index (κ1) is 16.8. The molecule has 6 heteroatoms. The van der Waals surface area contributed by atoms with Gasteiger partial charge in [-0.3, -0.25) is 9.89 Å². The summed E-state index contributed by atoms with van der Waals surface area (Å²) in [4.78, 5) is 16.5. The van der Waals surface area contributed by atoms with Crippen LogP contribution < -0.4 is 5.32 Å². The highest BCUT2D eigenvalue weighted by Gasteiger charge is 2.11. The number of benzene rings is 2. The molecule has 2 aromatic carbocycles. The number of nitrogens with zero attached hydrogens (tertiary/aromatic N) is 2. The Morgan fingerprint density at radius 2 is 1.92 bits per heavy atom. The quantitative estimate of drug-likeness (QED) is 0.749. The first-order valence-corrected chi connectivity index (χ1v) is 8.02. The molecule has 0 fully saturated rings. The summed E-state index contributed by atoms with van der Waals surface area (Å²) in [6.45, 7) is 3.97. The molecule has 0 unspecified atom stereocenters. The Labute approximate surface area is 145 Å². The van der Waals surface area contributed by atoms with E-state index in [1.54, 1.807) is 12.1 Å². The number of carbonyl (C=O) groups excluding carboxylic acids is 1. The summed E-state index contributed by atoms with van der Waals surface area (Å²) in [6, 6.07) is 12.0. The number of aryl methyl sites for hydroxylation is 1. The summed E-state index contributed by atoms with van der Waals surface area (Å²) in [5.74, 6) is 0.632. The predicted molar refractivity (Wildman–Crippen MR) is 93.8 cm³/mol. The summed E-state index contributed by atoms with van der Waals surface area (Å²) in [5, 5.41) is 9.79. The van der Waals surface area contributed by atoms with Crippen LogP contribution in [0.1, 0.15) is 28.3 Å². The standard InChI is InChI=1S/C19H19FN4O/c1-12-4-3-5-16(13(12)2)21-19(25)11-18-22-17(23-24-18)10-14-6-8-15(20)9-7-14/h3-9H,10-11H2,1-2H3,(H,21,25)(H,22,23,24). The van der Waals surface area contributed by atoms with Crippen molar-refractivity contribution < 1.29 is 9.18 Å². The van der Waals surface area contributed by atoms with Crippen LogP contribution in [0.25, 0.3) is 0 Å². The van der Waals surface area contributed by atoms with E-state index in [9.17, 15) is 9.18 Å². The fourth-order valence-corrected chi connectivity index (χ4v) is 2.51. The lowest BCUT2D eigenvalue weighted by Crippen LogP contribution is -2.16.